The Hall–Kier alpha value is -3.48. The first-order chi connectivity index (χ1) is 13.6. The summed E-state index contributed by atoms with van der Waals surface area (Å²) in [4.78, 5) is 9.02. The number of nitrogens with one attached hydrogen (secondary N) is 1. The molecule has 28 heavy (non-hydrogen) atoms. The Labute approximate surface area is 161 Å². The van der Waals surface area contributed by atoms with Crippen molar-refractivity contribution in [2.75, 3.05) is 26.1 Å². The van der Waals surface area contributed by atoms with Crippen LogP contribution in [-0.2, 0) is 6.42 Å². The van der Waals surface area contributed by atoms with Crippen LogP contribution in [0.3, 0.4) is 0 Å². The molecule has 2 aromatic heterocycles. The van der Waals surface area contributed by atoms with Crippen LogP contribution >= 0.6 is 0 Å². The number of ether oxygens (including phenoxy) is 2. The van der Waals surface area contributed by atoms with Crippen LogP contribution in [-0.4, -0.2) is 35.8 Å². The van der Waals surface area contributed by atoms with E-state index >= 15 is 0 Å². The van der Waals surface area contributed by atoms with Gasteiger partial charge in [-0.2, -0.15) is 0 Å². The van der Waals surface area contributed by atoms with Gasteiger partial charge in [-0.3, -0.25) is 0 Å². The maximum absolute atomic E-state index is 9.88. The Morgan fingerprint density at radius 3 is 2.61 bits per heavy atom. The van der Waals surface area contributed by atoms with E-state index in [-0.39, 0.29) is 5.75 Å². The number of phenolic OH excluding ortho intramolecular Hbond substituents is 1. The van der Waals surface area contributed by atoms with Crippen molar-refractivity contribution in [3.8, 4) is 17.2 Å². The monoisotopic (exact) mass is 379 g/mol. The van der Waals surface area contributed by atoms with Gasteiger partial charge in [0, 0.05) is 29.8 Å². The number of anilines is 1. The van der Waals surface area contributed by atoms with Gasteiger partial charge < -0.3 is 24.3 Å². The number of methoxy groups -OCH3 is 2. The van der Waals surface area contributed by atoms with Crippen molar-refractivity contribution in [2.45, 2.75) is 13.3 Å². The van der Waals surface area contributed by atoms with E-state index in [9.17, 15) is 5.11 Å². The van der Waals surface area contributed by atoms with Gasteiger partial charge in [-0.15, -0.1) is 0 Å². The van der Waals surface area contributed by atoms with E-state index in [1.54, 1.807) is 26.4 Å². The molecular weight excluding hydrogens is 358 g/mol. The van der Waals surface area contributed by atoms with E-state index in [1.807, 2.05) is 31.2 Å². The zero-order valence-electron chi connectivity index (χ0n) is 15.9. The van der Waals surface area contributed by atoms with E-state index < -0.39 is 0 Å². The number of aromatic hydroxyl groups is 1. The number of aryl methyl sites for hydroxylation is 1. The zero-order valence-corrected chi connectivity index (χ0v) is 15.9. The number of phenols is 1. The second-order valence-electron chi connectivity index (χ2n) is 6.43. The highest BCUT2D eigenvalue weighted by Crippen LogP contribution is 2.34. The quantitative estimate of drug-likeness (QED) is 0.522. The van der Waals surface area contributed by atoms with Gasteiger partial charge >= 0.3 is 0 Å². The standard InChI is InChI=1S/C21H21N3O4/c1-12-23-16-11-19(27-3)18(26-2)10-15(16)21(24-12)22-8-7-14-9-13-5-4-6-17(25)20(13)28-14/h4-6,9-11,25H,7-8H2,1-3H3,(H,22,23,24). The number of fused-ring (bicyclic) bond motifs is 2. The molecule has 0 saturated heterocycles. The minimum absolute atomic E-state index is 0.148. The van der Waals surface area contributed by atoms with Crippen LogP contribution in [0.4, 0.5) is 5.82 Å². The second-order valence-corrected chi connectivity index (χ2v) is 6.43. The molecular formula is C21H21N3O4. The van der Waals surface area contributed by atoms with Gasteiger partial charge in [-0.1, -0.05) is 12.1 Å². The largest absolute Gasteiger partial charge is 0.504 e. The maximum Gasteiger partial charge on any atom is 0.175 e. The summed E-state index contributed by atoms with van der Waals surface area (Å²) >= 11 is 0. The van der Waals surface area contributed by atoms with E-state index in [2.05, 4.69) is 15.3 Å². The summed E-state index contributed by atoms with van der Waals surface area (Å²) < 4.78 is 16.5. The molecule has 4 rings (SSSR count). The molecule has 2 heterocycles. The predicted octanol–water partition coefficient (Wildman–Crippen LogP) is 4.06. The lowest BCUT2D eigenvalue weighted by Crippen LogP contribution is -2.08. The number of para-hydroxylation sites is 1. The molecule has 2 N–H and O–H groups in total. The number of furan rings is 1. The van der Waals surface area contributed by atoms with Crippen LogP contribution in [0.25, 0.3) is 21.9 Å². The van der Waals surface area contributed by atoms with Crippen LogP contribution in [0.1, 0.15) is 11.6 Å². The second kappa shape index (κ2) is 7.26. The topological polar surface area (TPSA) is 89.6 Å². The number of hydrogen-bond acceptors (Lipinski definition) is 7. The molecule has 7 nitrogen and oxygen atoms in total. The highest BCUT2D eigenvalue weighted by Gasteiger charge is 2.13. The average Bonchev–Trinajstić information content (AvgIpc) is 3.11. The molecule has 0 aliphatic carbocycles. The molecule has 2 aromatic carbocycles. The fourth-order valence-electron chi connectivity index (χ4n) is 3.23. The van der Waals surface area contributed by atoms with Gasteiger partial charge in [-0.05, 0) is 25.1 Å². The Balaban J connectivity index is 1.59. The Bertz CT molecular complexity index is 1150. The number of aromatic nitrogens is 2. The van der Waals surface area contributed by atoms with Gasteiger partial charge in [0.2, 0.25) is 0 Å². The Kier molecular flexibility index (Phi) is 4.65. The van der Waals surface area contributed by atoms with E-state index in [0.717, 1.165) is 27.9 Å². The fourth-order valence-corrected chi connectivity index (χ4v) is 3.23. The van der Waals surface area contributed by atoms with E-state index in [1.165, 1.54) is 0 Å². The highest BCUT2D eigenvalue weighted by atomic mass is 16.5. The Morgan fingerprint density at radius 2 is 1.86 bits per heavy atom. The molecule has 0 amide bonds. The van der Waals surface area contributed by atoms with Crippen LogP contribution < -0.4 is 14.8 Å². The number of hydrogen-bond donors (Lipinski definition) is 2. The minimum Gasteiger partial charge on any atom is -0.504 e. The molecule has 144 valence electrons. The molecule has 0 spiro atoms. The van der Waals surface area contributed by atoms with Crippen molar-refractivity contribution in [1.29, 1.82) is 0 Å². The lowest BCUT2D eigenvalue weighted by atomic mass is 10.2. The summed E-state index contributed by atoms with van der Waals surface area (Å²) in [6.07, 6.45) is 0.645. The molecule has 7 heteroatoms. The van der Waals surface area contributed by atoms with Crippen LogP contribution in [0, 0.1) is 6.92 Å². The summed E-state index contributed by atoms with van der Waals surface area (Å²) in [6.45, 7) is 2.46. The number of rotatable bonds is 6. The van der Waals surface area contributed by atoms with Crippen molar-refractivity contribution in [3.05, 3.63) is 48.0 Å². The van der Waals surface area contributed by atoms with E-state index in [4.69, 9.17) is 13.9 Å². The van der Waals surface area contributed by atoms with Crippen molar-refractivity contribution >= 4 is 27.7 Å². The van der Waals surface area contributed by atoms with Crippen molar-refractivity contribution in [2.24, 2.45) is 0 Å². The minimum atomic E-state index is 0.148. The lowest BCUT2D eigenvalue weighted by molar-refractivity contribution is 0.356. The van der Waals surface area contributed by atoms with Crippen LogP contribution in [0.15, 0.2) is 40.8 Å². The number of nitrogens with zero attached hydrogens (tertiary/aromatic N) is 2. The summed E-state index contributed by atoms with van der Waals surface area (Å²) in [5.74, 6) is 3.58. The van der Waals surface area contributed by atoms with Gasteiger partial charge in [0.25, 0.3) is 0 Å². The first-order valence-corrected chi connectivity index (χ1v) is 8.93. The lowest BCUT2D eigenvalue weighted by Gasteiger charge is -2.12. The first kappa shape index (κ1) is 17.9. The van der Waals surface area contributed by atoms with Crippen molar-refractivity contribution in [3.63, 3.8) is 0 Å². The molecule has 0 bridgehead atoms. The van der Waals surface area contributed by atoms with Crippen molar-refractivity contribution in [1.82, 2.24) is 9.97 Å². The molecule has 0 atom stereocenters. The van der Waals surface area contributed by atoms with Gasteiger partial charge in [0.15, 0.2) is 22.8 Å². The van der Waals surface area contributed by atoms with Crippen LogP contribution in [0.2, 0.25) is 0 Å². The molecule has 4 aromatic rings. The molecule has 0 aliphatic rings. The van der Waals surface area contributed by atoms with Crippen molar-refractivity contribution < 1.29 is 19.0 Å². The summed E-state index contributed by atoms with van der Waals surface area (Å²) in [6, 6.07) is 11.0. The average molecular weight is 379 g/mol. The highest BCUT2D eigenvalue weighted by molar-refractivity contribution is 5.91. The molecule has 0 unspecified atom stereocenters. The maximum atomic E-state index is 9.88. The summed E-state index contributed by atoms with van der Waals surface area (Å²) in [5, 5.41) is 15.0. The van der Waals surface area contributed by atoms with Gasteiger partial charge in [-0.25, -0.2) is 9.97 Å². The zero-order chi connectivity index (χ0) is 19.7. The SMILES string of the molecule is COc1cc2nc(C)nc(NCCc3cc4cccc(O)c4o3)c2cc1OC. The Morgan fingerprint density at radius 1 is 1.07 bits per heavy atom. The smallest absolute Gasteiger partial charge is 0.175 e. The molecule has 0 aliphatic heterocycles. The molecule has 0 radical (unpaired) electrons. The van der Waals surface area contributed by atoms with Gasteiger partial charge in [0.05, 0.1) is 19.7 Å². The third-order valence-corrected chi connectivity index (χ3v) is 4.55. The predicted molar refractivity (Wildman–Crippen MR) is 107 cm³/mol. The van der Waals surface area contributed by atoms with E-state index in [0.29, 0.717) is 35.9 Å². The fraction of sp³-hybridized carbons (Fsp3) is 0.238. The van der Waals surface area contributed by atoms with Crippen LogP contribution in [0.5, 0.6) is 17.2 Å². The molecule has 0 fully saturated rings. The third kappa shape index (κ3) is 3.26. The van der Waals surface area contributed by atoms with Gasteiger partial charge in [0.1, 0.15) is 17.4 Å². The number of benzene rings is 2. The summed E-state index contributed by atoms with van der Waals surface area (Å²) in [5.41, 5.74) is 1.29. The molecule has 0 saturated carbocycles. The third-order valence-electron chi connectivity index (χ3n) is 4.55. The normalized spacial score (nSPS) is 11.1. The summed E-state index contributed by atoms with van der Waals surface area (Å²) in [7, 11) is 3.20. The first-order valence-electron chi connectivity index (χ1n) is 8.93.